The lowest BCUT2D eigenvalue weighted by atomic mass is 9.97. The molecular formula is C40H33N3. The maximum atomic E-state index is 4.82. The van der Waals surface area contributed by atoms with Gasteiger partial charge in [-0.15, -0.1) is 0 Å². The summed E-state index contributed by atoms with van der Waals surface area (Å²) in [4.78, 5) is 4.82. The zero-order chi connectivity index (χ0) is 29.3. The molecule has 3 nitrogen and oxygen atoms in total. The van der Waals surface area contributed by atoms with Crippen molar-refractivity contribution < 1.29 is 0 Å². The number of benzene rings is 5. The number of hydrogen-bond donors (Lipinski definition) is 0. The van der Waals surface area contributed by atoms with Gasteiger partial charge in [0, 0.05) is 34.4 Å². The molecule has 0 N–H and O–H groups in total. The first-order valence-electron chi connectivity index (χ1n) is 14.7. The third kappa shape index (κ3) is 5.00. The van der Waals surface area contributed by atoms with Crippen molar-refractivity contribution in [2.45, 2.75) is 20.8 Å². The Kier molecular flexibility index (Phi) is 6.84. The quantitative estimate of drug-likeness (QED) is 0.213. The summed E-state index contributed by atoms with van der Waals surface area (Å²) in [6.45, 7) is 6.46. The minimum absolute atomic E-state index is 0.961. The Morgan fingerprint density at radius 2 is 1.09 bits per heavy atom. The maximum absolute atomic E-state index is 4.82. The van der Waals surface area contributed by atoms with Crippen LogP contribution in [0.25, 0.3) is 55.5 Å². The van der Waals surface area contributed by atoms with Gasteiger partial charge in [0.15, 0.2) is 0 Å². The standard InChI is InChI=1S/C26H19N3.C14H14/c1-18-14-19(23-17-28-13-7-6-12-26(28)27-23)16-20(15-18)29-24-10-4-2-8-21(24)22-9-3-5-11-25(22)29;1-11-7-3-5-9-13(11)14-10-6-4-8-12(14)2/h2-17H,1H3;3-10H,1-2H3. The minimum Gasteiger partial charge on any atom is -0.309 e. The molecule has 0 saturated carbocycles. The summed E-state index contributed by atoms with van der Waals surface area (Å²) in [5, 5.41) is 2.55. The highest BCUT2D eigenvalue weighted by molar-refractivity contribution is 6.09. The van der Waals surface area contributed by atoms with Crippen molar-refractivity contribution in [1.29, 1.82) is 0 Å². The summed E-state index contributed by atoms with van der Waals surface area (Å²) >= 11 is 0. The summed E-state index contributed by atoms with van der Waals surface area (Å²) in [6, 6.07) is 47.0. The highest BCUT2D eigenvalue weighted by atomic mass is 15.0. The molecule has 43 heavy (non-hydrogen) atoms. The Labute approximate surface area is 252 Å². The smallest absolute Gasteiger partial charge is 0.137 e. The molecule has 0 spiro atoms. The summed E-state index contributed by atoms with van der Waals surface area (Å²) in [5.41, 5.74) is 13.3. The minimum atomic E-state index is 0.961. The van der Waals surface area contributed by atoms with Crippen LogP contribution in [0.4, 0.5) is 0 Å². The summed E-state index contributed by atoms with van der Waals surface area (Å²) in [7, 11) is 0. The normalized spacial score (nSPS) is 11.1. The number of rotatable bonds is 3. The molecule has 0 aliphatic rings. The van der Waals surface area contributed by atoms with Gasteiger partial charge in [0.05, 0.1) is 16.7 Å². The molecule has 3 heteroatoms. The van der Waals surface area contributed by atoms with Crippen molar-refractivity contribution in [3.8, 4) is 28.1 Å². The Bertz CT molecular complexity index is 2100. The van der Waals surface area contributed by atoms with Gasteiger partial charge in [-0.2, -0.15) is 0 Å². The van der Waals surface area contributed by atoms with E-state index in [1.807, 2.05) is 24.4 Å². The monoisotopic (exact) mass is 555 g/mol. The number of pyridine rings is 1. The Hall–Kier alpha value is -5.41. The number of hydrogen-bond acceptors (Lipinski definition) is 1. The maximum Gasteiger partial charge on any atom is 0.137 e. The van der Waals surface area contributed by atoms with Crippen molar-refractivity contribution in [3.63, 3.8) is 0 Å². The Morgan fingerprint density at radius 1 is 0.535 bits per heavy atom. The SMILES string of the molecule is Cc1cc(-c2cn3ccccc3n2)cc(-n2c3ccccc3c3ccccc32)c1.Cc1ccccc1-c1ccccc1C. The van der Waals surface area contributed by atoms with Crippen molar-refractivity contribution in [3.05, 3.63) is 163 Å². The van der Waals surface area contributed by atoms with Gasteiger partial charge in [0.2, 0.25) is 0 Å². The third-order valence-corrected chi connectivity index (χ3v) is 8.14. The lowest BCUT2D eigenvalue weighted by Crippen LogP contribution is -1.95. The second-order valence-electron chi connectivity index (χ2n) is 11.1. The van der Waals surface area contributed by atoms with Gasteiger partial charge in [0.1, 0.15) is 5.65 Å². The van der Waals surface area contributed by atoms with Gasteiger partial charge in [-0.05, 0) is 91.1 Å². The highest BCUT2D eigenvalue weighted by Gasteiger charge is 2.13. The van der Waals surface area contributed by atoms with Crippen LogP contribution in [0.2, 0.25) is 0 Å². The van der Waals surface area contributed by atoms with E-state index in [0.29, 0.717) is 0 Å². The molecule has 5 aromatic carbocycles. The number of fused-ring (bicyclic) bond motifs is 4. The van der Waals surface area contributed by atoms with Gasteiger partial charge in [0.25, 0.3) is 0 Å². The molecular weight excluding hydrogens is 522 g/mol. The van der Waals surface area contributed by atoms with Crippen molar-refractivity contribution in [2.75, 3.05) is 0 Å². The van der Waals surface area contributed by atoms with Gasteiger partial charge in [-0.25, -0.2) is 4.98 Å². The van der Waals surface area contributed by atoms with Gasteiger partial charge >= 0.3 is 0 Å². The van der Waals surface area contributed by atoms with Crippen LogP contribution < -0.4 is 0 Å². The molecule has 8 aromatic rings. The predicted octanol–water partition coefficient (Wildman–Crippen LogP) is 10.4. The van der Waals surface area contributed by atoms with E-state index in [1.165, 1.54) is 49.6 Å². The van der Waals surface area contributed by atoms with Crippen molar-refractivity contribution in [1.82, 2.24) is 14.0 Å². The van der Waals surface area contributed by atoms with Gasteiger partial charge in [-0.1, -0.05) is 91.0 Å². The Balaban J connectivity index is 0.000000180. The predicted molar refractivity (Wildman–Crippen MR) is 181 cm³/mol. The van der Waals surface area contributed by atoms with Crippen molar-refractivity contribution in [2.24, 2.45) is 0 Å². The molecule has 0 fully saturated rings. The molecule has 0 aliphatic carbocycles. The number of para-hydroxylation sites is 2. The van der Waals surface area contributed by atoms with Crippen molar-refractivity contribution >= 4 is 27.5 Å². The van der Waals surface area contributed by atoms with E-state index < -0.39 is 0 Å². The third-order valence-electron chi connectivity index (χ3n) is 8.14. The van der Waals surface area contributed by atoms with Crippen LogP contribution in [0, 0.1) is 20.8 Å². The molecule has 0 aliphatic heterocycles. The van der Waals surface area contributed by atoms with E-state index in [4.69, 9.17) is 4.98 Å². The Morgan fingerprint density at radius 3 is 1.70 bits per heavy atom. The van der Waals surface area contributed by atoms with Crippen LogP contribution in [-0.4, -0.2) is 14.0 Å². The first-order valence-corrected chi connectivity index (χ1v) is 14.7. The first-order chi connectivity index (χ1) is 21.1. The lowest BCUT2D eigenvalue weighted by molar-refractivity contribution is 1.17. The molecule has 208 valence electrons. The molecule has 0 saturated heterocycles. The number of imidazole rings is 1. The van der Waals surface area contributed by atoms with E-state index >= 15 is 0 Å². The molecule has 0 amide bonds. The summed E-state index contributed by atoms with van der Waals surface area (Å²) in [6.07, 6.45) is 4.13. The lowest BCUT2D eigenvalue weighted by Gasteiger charge is -2.11. The van der Waals surface area contributed by atoms with Crippen LogP contribution in [-0.2, 0) is 0 Å². The van der Waals surface area contributed by atoms with E-state index in [-0.39, 0.29) is 0 Å². The van der Waals surface area contributed by atoms with Crippen LogP contribution in [0.15, 0.2) is 146 Å². The van der Waals surface area contributed by atoms with Gasteiger partial charge < -0.3 is 8.97 Å². The van der Waals surface area contributed by atoms with Crippen LogP contribution in [0.3, 0.4) is 0 Å². The molecule has 3 aromatic heterocycles. The second kappa shape index (κ2) is 11.1. The van der Waals surface area contributed by atoms with E-state index in [9.17, 15) is 0 Å². The molecule has 8 rings (SSSR count). The molecule has 0 unspecified atom stereocenters. The summed E-state index contributed by atoms with van der Waals surface area (Å²) in [5.74, 6) is 0. The highest BCUT2D eigenvalue weighted by Crippen LogP contribution is 2.33. The average Bonchev–Trinajstić information content (AvgIpc) is 3.62. The fraction of sp³-hybridized carbons (Fsp3) is 0.0750. The fourth-order valence-corrected chi connectivity index (χ4v) is 6.06. The summed E-state index contributed by atoms with van der Waals surface area (Å²) < 4.78 is 4.43. The van der Waals surface area contributed by atoms with Crippen LogP contribution in [0.1, 0.15) is 16.7 Å². The molecule has 0 bridgehead atoms. The second-order valence-corrected chi connectivity index (χ2v) is 11.1. The largest absolute Gasteiger partial charge is 0.309 e. The van der Waals surface area contributed by atoms with Crippen LogP contribution >= 0.6 is 0 Å². The number of nitrogens with zero attached hydrogens (tertiary/aromatic N) is 3. The van der Waals surface area contributed by atoms with E-state index in [2.05, 4.69) is 151 Å². The average molecular weight is 556 g/mol. The number of aryl methyl sites for hydroxylation is 3. The number of aromatic nitrogens is 3. The van der Waals surface area contributed by atoms with Crippen LogP contribution in [0.5, 0.6) is 0 Å². The molecule has 0 atom stereocenters. The first kappa shape index (κ1) is 26.5. The molecule has 3 heterocycles. The topological polar surface area (TPSA) is 22.2 Å². The zero-order valence-electron chi connectivity index (χ0n) is 24.7. The fourth-order valence-electron chi connectivity index (χ4n) is 6.06. The molecule has 0 radical (unpaired) electrons. The van der Waals surface area contributed by atoms with Gasteiger partial charge in [-0.3, -0.25) is 0 Å². The zero-order valence-corrected chi connectivity index (χ0v) is 24.7. The van der Waals surface area contributed by atoms with E-state index in [1.54, 1.807) is 0 Å². The van der Waals surface area contributed by atoms with E-state index in [0.717, 1.165) is 22.6 Å².